The molecular weight excluding hydrogens is 394 g/mol. The van der Waals surface area contributed by atoms with Gasteiger partial charge in [0.05, 0.1) is 0 Å². The molecule has 0 aromatic heterocycles. The van der Waals surface area contributed by atoms with E-state index in [4.69, 9.17) is 0 Å². The number of halogens is 3. The van der Waals surface area contributed by atoms with Gasteiger partial charge in [0.25, 0.3) is 0 Å². The molecule has 1 rings (SSSR count). The lowest BCUT2D eigenvalue weighted by Crippen LogP contribution is -1.64. The standard InChI is InChI=1S/C5H2BrI2/c6-3-1-2-4(7)5(3)8/h1-2H/q-1. The maximum atomic E-state index is 3.40. The van der Waals surface area contributed by atoms with E-state index in [-0.39, 0.29) is 0 Å². The maximum Gasteiger partial charge on any atom is -0.0723 e. The van der Waals surface area contributed by atoms with Gasteiger partial charge in [-0.2, -0.15) is 12.1 Å². The Morgan fingerprint density at radius 2 is 2.12 bits per heavy atom. The molecule has 1 aromatic rings. The molecule has 0 unspecified atom stereocenters. The minimum atomic E-state index is 1.20. The molecule has 44 valence electrons. The van der Waals surface area contributed by atoms with Crippen LogP contribution in [0.25, 0.3) is 0 Å². The van der Waals surface area contributed by atoms with Gasteiger partial charge >= 0.3 is 0 Å². The highest BCUT2D eigenvalue weighted by atomic mass is 127. The Labute approximate surface area is 83.8 Å². The number of rotatable bonds is 0. The zero-order chi connectivity index (χ0) is 6.15. The Bertz CT molecular complexity index is 173. The largest absolute Gasteiger partial charge is 0.199 e. The summed E-state index contributed by atoms with van der Waals surface area (Å²) in [5.74, 6) is 0. The van der Waals surface area contributed by atoms with E-state index in [1.807, 2.05) is 0 Å². The molecule has 0 fully saturated rings. The van der Waals surface area contributed by atoms with Gasteiger partial charge in [-0.05, 0) is 0 Å². The van der Waals surface area contributed by atoms with Gasteiger partial charge < -0.3 is 0 Å². The Morgan fingerprint density at radius 3 is 2.25 bits per heavy atom. The molecule has 0 atom stereocenters. The molecule has 0 aliphatic rings. The summed E-state index contributed by atoms with van der Waals surface area (Å²) >= 11 is 8.02. The van der Waals surface area contributed by atoms with Crippen molar-refractivity contribution < 1.29 is 0 Å². The van der Waals surface area contributed by atoms with Crippen molar-refractivity contribution in [1.29, 1.82) is 0 Å². The SMILES string of the molecule is Br[c-]1ccc(I)c1I. The zero-order valence-corrected chi connectivity index (χ0v) is 9.69. The first-order valence-electron chi connectivity index (χ1n) is 1.98. The van der Waals surface area contributed by atoms with Crippen LogP contribution in [-0.2, 0) is 0 Å². The fourth-order valence-electron chi connectivity index (χ4n) is 0.407. The fraction of sp³-hybridized carbons (Fsp3) is 0. The van der Waals surface area contributed by atoms with Gasteiger partial charge in [-0.25, -0.2) is 0 Å². The maximum absolute atomic E-state index is 3.40. The van der Waals surface area contributed by atoms with Gasteiger partial charge in [-0.1, -0.05) is 30.6 Å². The average molecular weight is 396 g/mol. The van der Waals surface area contributed by atoms with Crippen LogP contribution in [0.5, 0.6) is 0 Å². The summed E-state index contributed by atoms with van der Waals surface area (Å²) in [6.07, 6.45) is 0. The molecule has 1 aromatic carbocycles. The van der Waals surface area contributed by atoms with E-state index in [0.29, 0.717) is 0 Å². The van der Waals surface area contributed by atoms with E-state index >= 15 is 0 Å². The lowest BCUT2D eigenvalue weighted by molar-refractivity contribution is 1.73. The molecule has 0 spiro atoms. The predicted molar refractivity (Wildman–Crippen MR) is 55.2 cm³/mol. The normalized spacial score (nSPS) is 9.88. The van der Waals surface area contributed by atoms with Gasteiger partial charge in [0.1, 0.15) is 0 Å². The molecule has 0 N–H and O–H groups in total. The Kier molecular flexibility index (Phi) is 2.70. The lowest BCUT2D eigenvalue weighted by atomic mass is 10.7. The molecule has 0 amide bonds. The summed E-state index contributed by atoms with van der Waals surface area (Å²) in [6, 6.07) is 4.15. The smallest absolute Gasteiger partial charge is 0.0723 e. The van der Waals surface area contributed by atoms with Crippen LogP contribution in [0.4, 0.5) is 0 Å². The van der Waals surface area contributed by atoms with Gasteiger partial charge in [0.15, 0.2) is 0 Å². The summed E-state index contributed by atoms with van der Waals surface area (Å²) in [6.45, 7) is 0. The van der Waals surface area contributed by atoms with Crippen molar-refractivity contribution in [2.45, 2.75) is 0 Å². The number of hydrogen-bond acceptors (Lipinski definition) is 0. The fourth-order valence-corrected chi connectivity index (χ4v) is 1.95. The van der Waals surface area contributed by atoms with E-state index in [9.17, 15) is 0 Å². The van der Waals surface area contributed by atoms with E-state index in [1.165, 1.54) is 11.6 Å². The highest BCUT2D eigenvalue weighted by Crippen LogP contribution is 2.25. The van der Waals surface area contributed by atoms with Gasteiger partial charge in [-0.3, -0.25) is 0 Å². The van der Waals surface area contributed by atoms with Crippen molar-refractivity contribution in [3.05, 3.63) is 23.7 Å². The van der Waals surface area contributed by atoms with Gasteiger partial charge in [0, 0.05) is 0 Å². The van der Waals surface area contributed by atoms with Crippen LogP contribution in [0.1, 0.15) is 0 Å². The van der Waals surface area contributed by atoms with Gasteiger partial charge in [-0.15, -0.1) is 42.1 Å². The summed E-state index contributed by atoms with van der Waals surface area (Å²) in [4.78, 5) is 0. The molecule has 8 heavy (non-hydrogen) atoms. The quantitative estimate of drug-likeness (QED) is 0.467. The second-order valence-electron chi connectivity index (χ2n) is 1.34. The summed E-state index contributed by atoms with van der Waals surface area (Å²) in [5, 5.41) is 0. The molecule has 0 saturated heterocycles. The van der Waals surface area contributed by atoms with E-state index in [1.54, 1.807) is 0 Å². The molecule has 0 saturated carbocycles. The first-order valence-corrected chi connectivity index (χ1v) is 4.93. The first kappa shape index (κ1) is 7.40. The van der Waals surface area contributed by atoms with Crippen molar-refractivity contribution in [3.8, 4) is 0 Å². The molecular formula is C5H2BrI2-. The topological polar surface area (TPSA) is 0 Å². The van der Waals surface area contributed by atoms with Crippen molar-refractivity contribution in [3.63, 3.8) is 0 Å². The van der Waals surface area contributed by atoms with Crippen LogP contribution in [0.2, 0.25) is 0 Å². The van der Waals surface area contributed by atoms with Crippen molar-refractivity contribution >= 4 is 61.1 Å². The second kappa shape index (κ2) is 2.92. The molecule has 0 radical (unpaired) electrons. The van der Waals surface area contributed by atoms with Crippen LogP contribution < -0.4 is 0 Å². The number of hydrogen-bond donors (Lipinski definition) is 0. The monoisotopic (exact) mass is 395 g/mol. The van der Waals surface area contributed by atoms with Crippen molar-refractivity contribution in [2.75, 3.05) is 0 Å². The molecule has 0 aliphatic heterocycles. The summed E-state index contributed by atoms with van der Waals surface area (Å²) < 4.78 is 3.82. The average Bonchev–Trinajstić information content (AvgIpc) is 1.98. The van der Waals surface area contributed by atoms with Crippen LogP contribution in [0.15, 0.2) is 16.6 Å². The summed E-state index contributed by atoms with van der Waals surface area (Å²) in [5.41, 5.74) is 0. The minimum absolute atomic E-state index is 1.20. The van der Waals surface area contributed by atoms with Crippen molar-refractivity contribution in [2.24, 2.45) is 0 Å². The summed E-state index contributed by atoms with van der Waals surface area (Å²) in [7, 11) is 0. The lowest BCUT2D eigenvalue weighted by Gasteiger charge is -1.93. The van der Waals surface area contributed by atoms with Crippen molar-refractivity contribution in [1.82, 2.24) is 0 Å². The van der Waals surface area contributed by atoms with Crippen LogP contribution in [0.3, 0.4) is 0 Å². The Morgan fingerprint density at radius 1 is 1.50 bits per heavy atom. The molecule has 0 heterocycles. The molecule has 3 heteroatoms. The Hall–Kier alpha value is 1.29. The van der Waals surface area contributed by atoms with E-state index < -0.39 is 0 Å². The highest BCUT2D eigenvalue weighted by Gasteiger charge is 1.87. The minimum Gasteiger partial charge on any atom is -0.199 e. The molecule has 0 nitrogen and oxygen atoms in total. The second-order valence-corrected chi connectivity index (χ2v) is 4.44. The van der Waals surface area contributed by atoms with Gasteiger partial charge in [0.2, 0.25) is 0 Å². The third-order valence-corrected chi connectivity index (χ3v) is 5.29. The predicted octanol–water partition coefficient (Wildman–Crippen LogP) is 3.38. The van der Waals surface area contributed by atoms with E-state index in [0.717, 1.165) is 0 Å². The Balaban J connectivity index is 3.19. The zero-order valence-electron chi connectivity index (χ0n) is 3.79. The first-order chi connectivity index (χ1) is 3.72. The third-order valence-electron chi connectivity index (χ3n) is 0.795. The highest BCUT2D eigenvalue weighted by molar-refractivity contribution is 14.1. The van der Waals surface area contributed by atoms with Crippen LogP contribution in [-0.4, -0.2) is 0 Å². The third kappa shape index (κ3) is 1.41. The molecule has 0 bridgehead atoms. The molecule has 0 aliphatic carbocycles. The van der Waals surface area contributed by atoms with E-state index in [2.05, 4.69) is 73.2 Å². The van der Waals surface area contributed by atoms with Crippen LogP contribution >= 0.6 is 61.1 Å². The van der Waals surface area contributed by atoms with Crippen LogP contribution in [0, 0.1) is 7.14 Å².